The van der Waals surface area contributed by atoms with Gasteiger partial charge >= 0.3 is 0 Å². The highest BCUT2D eigenvalue weighted by atomic mass is 19.1. The topological polar surface area (TPSA) is 92.6 Å². The van der Waals surface area contributed by atoms with Crippen LogP contribution in [0.4, 0.5) is 15.8 Å². The van der Waals surface area contributed by atoms with Crippen molar-refractivity contribution in [3.63, 3.8) is 0 Å². The van der Waals surface area contributed by atoms with Crippen molar-refractivity contribution in [2.75, 3.05) is 18.4 Å². The molecule has 0 aliphatic carbocycles. The van der Waals surface area contributed by atoms with Gasteiger partial charge in [0.05, 0.1) is 4.92 Å². The Kier molecular flexibility index (Phi) is 6.21. The predicted octanol–water partition coefficient (Wildman–Crippen LogP) is 4.31. The van der Waals surface area contributed by atoms with Crippen molar-refractivity contribution in [1.29, 1.82) is 0 Å². The number of benzene rings is 2. The Hall–Kier alpha value is -3.29. The summed E-state index contributed by atoms with van der Waals surface area (Å²) in [4.78, 5) is 37.5. The molecular weight excluding hydrogens is 377 g/mol. The summed E-state index contributed by atoms with van der Waals surface area (Å²) in [5.41, 5.74) is 0.156. The molecule has 7 nitrogen and oxygen atoms in total. The molecule has 0 aromatic heterocycles. The first kappa shape index (κ1) is 20.4. The average Bonchev–Trinajstić information content (AvgIpc) is 2.96. The first-order valence-electron chi connectivity index (χ1n) is 9.52. The second-order valence-corrected chi connectivity index (χ2v) is 7.11. The molecule has 1 aliphatic heterocycles. The number of hydrogen-bond acceptors (Lipinski definition) is 4. The van der Waals surface area contributed by atoms with E-state index in [0.717, 1.165) is 50.9 Å². The third-order valence-electron chi connectivity index (χ3n) is 4.98. The number of amides is 2. The van der Waals surface area contributed by atoms with Crippen LogP contribution in [0.25, 0.3) is 0 Å². The van der Waals surface area contributed by atoms with Gasteiger partial charge in [-0.2, -0.15) is 0 Å². The number of halogens is 1. The van der Waals surface area contributed by atoms with Crippen molar-refractivity contribution in [3.8, 4) is 0 Å². The minimum atomic E-state index is -0.786. The lowest BCUT2D eigenvalue weighted by Crippen LogP contribution is -2.31. The highest BCUT2D eigenvalue weighted by molar-refractivity contribution is 6.07. The number of likely N-dealkylation sites (tertiary alicyclic amines) is 1. The zero-order valence-electron chi connectivity index (χ0n) is 16.1. The Morgan fingerprint density at radius 3 is 2.28 bits per heavy atom. The number of nitro benzene ring substituents is 1. The predicted molar refractivity (Wildman–Crippen MR) is 107 cm³/mol. The molecule has 1 heterocycles. The van der Waals surface area contributed by atoms with Crippen molar-refractivity contribution in [2.45, 2.75) is 32.6 Å². The smallest absolute Gasteiger partial charge is 0.285 e. The van der Waals surface area contributed by atoms with Crippen LogP contribution in [-0.2, 0) is 0 Å². The maximum Gasteiger partial charge on any atom is 0.285 e. The van der Waals surface area contributed by atoms with Gasteiger partial charge in [-0.3, -0.25) is 19.7 Å². The summed E-state index contributed by atoms with van der Waals surface area (Å²) in [5.74, 6) is -1.57. The molecule has 0 atom stereocenters. The van der Waals surface area contributed by atoms with E-state index < -0.39 is 22.3 Å². The molecule has 1 aliphatic rings. The number of nitrogens with one attached hydrogen (secondary N) is 1. The monoisotopic (exact) mass is 399 g/mol. The minimum absolute atomic E-state index is 0.0545. The van der Waals surface area contributed by atoms with Crippen molar-refractivity contribution in [1.82, 2.24) is 4.90 Å². The van der Waals surface area contributed by atoms with E-state index in [9.17, 15) is 24.1 Å². The number of nitrogens with zero attached hydrogens (tertiary/aromatic N) is 2. The van der Waals surface area contributed by atoms with Crippen molar-refractivity contribution >= 4 is 23.2 Å². The van der Waals surface area contributed by atoms with Crippen LogP contribution in [0.15, 0.2) is 36.4 Å². The second kappa shape index (κ2) is 8.81. The lowest BCUT2D eigenvalue weighted by molar-refractivity contribution is -0.385. The summed E-state index contributed by atoms with van der Waals surface area (Å²) in [5, 5.41) is 13.8. The van der Waals surface area contributed by atoms with E-state index in [-0.39, 0.29) is 17.0 Å². The van der Waals surface area contributed by atoms with E-state index in [0.29, 0.717) is 11.3 Å². The first-order valence-corrected chi connectivity index (χ1v) is 9.52. The molecular formula is C21H22FN3O4. The van der Waals surface area contributed by atoms with E-state index in [1.807, 2.05) is 4.90 Å². The SMILES string of the molecule is Cc1cc(F)cc(C(=O)Nc2ccc(C(=O)N3CCCCCC3)cc2)c1[N+](=O)[O-]. The van der Waals surface area contributed by atoms with Gasteiger partial charge in [0.2, 0.25) is 0 Å². The summed E-state index contributed by atoms with van der Waals surface area (Å²) in [7, 11) is 0. The molecule has 0 spiro atoms. The Morgan fingerprint density at radius 1 is 1.07 bits per heavy atom. The number of nitro groups is 1. The first-order chi connectivity index (χ1) is 13.9. The molecule has 0 saturated carbocycles. The Bertz CT molecular complexity index is 936. The molecule has 8 heteroatoms. The van der Waals surface area contributed by atoms with E-state index in [1.165, 1.54) is 6.92 Å². The molecule has 0 unspecified atom stereocenters. The summed E-state index contributed by atoms with van der Waals surface area (Å²) in [6.07, 6.45) is 4.23. The lowest BCUT2D eigenvalue weighted by atomic mass is 10.1. The zero-order chi connectivity index (χ0) is 21.0. The second-order valence-electron chi connectivity index (χ2n) is 7.11. The number of carbonyl (C=O) groups excluding carboxylic acids is 2. The number of anilines is 1. The highest BCUT2D eigenvalue weighted by Gasteiger charge is 2.24. The standard InChI is InChI=1S/C21H22FN3O4/c1-14-12-16(22)13-18(19(14)25(28)29)20(26)23-17-8-6-15(7-9-17)21(27)24-10-4-2-3-5-11-24/h6-9,12-13H,2-5,10-11H2,1H3,(H,23,26). The van der Waals surface area contributed by atoms with Gasteiger partial charge < -0.3 is 10.2 Å². The Morgan fingerprint density at radius 2 is 1.69 bits per heavy atom. The molecule has 1 saturated heterocycles. The normalized spacial score (nSPS) is 14.2. The van der Waals surface area contributed by atoms with Gasteiger partial charge in [0.25, 0.3) is 17.5 Å². The third kappa shape index (κ3) is 4.77. The molecule has 29 heavy (non-hydrogen) atoms. The largest absolute Gasteiger partial charge is 0.339 e. The third-order valence-corrected chi connectivity index (χ3v) is 4.98. The fourth-order valence-electron chi connectivity index (χ4n) is 3.50. The van der Waals surface area contributed by atoms with Crippen molar-refractivity contribution < 1.29 is 18.9 Å². The molecule has 3 rings (SSSR count). The van der Waals surface area contributed by atoms with Gasteiger partial charge in [0.15, 0.2) is 0 Å². The molecule has 0 bridgehead atoms. The summed E-state index contributed by atoms with van der Waals surface area (Å²) >= 11 is 0. The molecule has 152 valence electrons. The zero-order valence-corrected chi connectivity index (χ0v) is 16.1. The van der Waals surface area contributed by atoms with Crippen LogP contribution in [0, 0.1) is 22.9 Å². The van der Waals surface area contributed by atoms with Gasteiger partial charge in [-0.05, 0) is 56.2 Å². The minimum Gasteiger partial charge on any atom is -0.339 e. The van der Waals surface area contributed by atoms with Gasteiger partial charge in [0.1, 0.15) is 11.4 Å². The van der Waals surface area contributed by atoms with Gasteiger partial charge in [-0.25, -0.2) is 4.39 Å². The van der Waals surface area contributed by atoms with Crippen molar-refractivity contribution in [3.05, 3.63) is 69.0 Å². The number of carbonyl (C=O) groups is 2. The van der Waals surface area contributed by atoms with Crippen LogP contribution in [0.1, 0.15) is 52.0 Å². The Balaban J connectivity index is 1.75. The fraction of sp³-hybridized carbons (Fsp3) is 0.333. The van der Waals surface area contributed by atoms with Crippen LogP contribution >= 0.6 is 0 Å². The van der Waals surface area contributed by atoms with Crippen LogP contribution in [-0.4, -0.2) is 34.7 Å². The average molecular weight is 399 g/mol. The summed E-state index contributed by atoms with van der Waals surface area (Å²) in [6.45, 7) is 2.85. The van der Waals surface area contributed by atoms with E-state index >= 15 is 0 Å². The fourth-order valence-corrected chi connectivity index (χ4v) is 3.50. The van der Waals surface area contributed by atoms with E-state index in [2.05, 4.69) is 5.32 Å². The van der Waals surface area contributed by atoms with E-state index in [4.69, 9.17) is 0 Å². The Labute approximate surface area is 167 Å². The lowest BCUT2D eigenvalue weighted by Gasteiger charge is -2.20. The van der Waals surface area contributed by atoms with Crippen LogP contribution in [0.2, 0.25) is 0 Å². The van der Waals surface area contributed by atoms with Gasteiger partial charge in [0, 0.05) is 29.9 Å². The highest BCUT2D eigenvalue weighted by Crippen LogP contribution is 2.26. The number of rotatable bonds is 4. The van der Waals surface area contributed by atoms with E-state index in [1.54, 1.807) is 24.3 Å². The summed E-state index contributed by atoms with van der Waals surface area (Å²) < 4.78 is 13.7. The molecule has 1 N–H and O–H groups in total. The van der Waals surface area contributed by atoms with Gasteiger partial charge in [-0.15, -0.1) is 0 Å². The number of hydrogen-bond donors (Lipinski definition) is 1. The van der Waals surface area contributed by atoms with Crippen LogP contribution in [0.5, 0.6) is 0 Å². The van der Waals surface area contributed by atoms with Crippen LogP contribution < -0.4 is 5.32 Å². The van der Waals surface area contributed by atoms with Crippen LogP contribution in [0.3, 0.4) is 0 Å². The summed E-state index contributed by atoms with van der Waals surface area (Å²) in [6, 6.07) is 8.18. The van der Waals surface area contributed by atoms with Crippen molar-refractivity contribution in [2.24, 2.45) is 0 Å². The van der Waals surface area contributed by atoms with Gasteiger partial charge in [-0.1, -0.05) is 12.8 Å². The maximum atomic E-state index is 13.7. The molecule has 2 amide bonds. The molecule has 2 aromatic carbocycles. The molecule has 1 fully saturated rings. The number of aryl methyl sites for hydroxylation is 1. The molecule has 2 aromatic rings. The maximum absolute atomic E-state index is 13.7. The quantitative estimate of drug-likeness (QED) is 0.612. The molecule has 0 radical (unpaired) electrons.